The summed E-state index contributed by atoms with van der Waals surface area (Å²) in [6, 6.07) is 2.78. The molecule has 1 heterocycles. The molecule has 1 aromatic carbocycles. The highest BCUT2D eigenvalue weighted by molar-refractivity contribution is 6.34. The molecule has 0 radical (unpaired) electrons. The molecule has 7 nitrogen and oxygen atoms in total. The summed E-state index contributed by atoms with van der Waals surface area (Å²) >= 11 is 5.99. The molecule has 2 rings (SSSR count). The van der Waals surface area contributed by atoms with Gasteiger partial charge in [-0.25, -0.2) is 9.13 Å². The van der Waals surface area contributed by atoms with Gasteiger partial charge in [0.1, 0.15) is 23.8 Å². The molecule has 0 unspecified atom stereocenters. The number of phenolic OH excluding ortho intramolecular Hbond substituents is 1. The molecule has 2 amide bonds. The van der Waals surface area contributed by atoms with E-state index < -0.39 is 0 Å². The summed E-state index contributed by atoms with van der Waals surface area (Å²) in [6.07, 6.45) is 5.35. The van der Waals surface area contributed by atoms with Crippen LogP contribution in [0.4, 0.5) is 11.4 Å². The number of imidazole rings is 1. The van der Waals surface area contributed by atoms with E-state index in [4.69, 9.17) is 11.6 Å². The van der Waals surface area contributed by atoms with E-state index in [1.165, 1.54) is 19.1 Å². The zero-order valence-electron chi connectivity index (χ0n) is 12.5. The van der Waals surface area contributed by atoms with Gasteiger partial charge < -0.3 is 28.1 Å². The van der Waals surface area contributed by atoms with Crippen molar-refractivity contribution in [3.63, 3.8) is 0 Å². The third-order valence-electron chi connectivity index (χ3n) is 2.80. The van der Waals surface area contributed by atoms with Crippen LogP contribution < -0.4 is 27.6 Å². The summed E-state index contributed by atoms with van der Waals surface area (Å²) in [7, 11) is 1.85. The second-order valence-corrected chi connectivity index (χ2v) is 5.24. The molecule has 0 atom stereocenters. The van der Waals surface area contributed by atoms with E-state index in [2.05, 4.69) is 10.6 Å². The summed E-state index contributed by atoms with van der Waals surface area (Å²) in [5, 5.41) is 15.1. The lowest BCUT2D eigenvalue weighted by atomic mass is 10.2. The summed E-state index contributed by atoms with van der Waals surface area (Å²) < 4.78 is 3.53. The van der Waals surface area contributed by atoms with Crippen LogP contribution in [0.3, 0.4) is 0 Å². The molecule has 0 aliphatic rings. The van der Waals surface area contributed by atoms with Gasteiger partial charge in [0.05, 0.1) is 12.1 Å². The number of phenols is 1. The molecule has 124 valence electrons. The number of hydrogen-bond donors (Lipinski definition) is 3. The molecule has 0 bridgehead atoms. The topological polar surface area (TPSA) is 87.2 Å². The van der Waals surface area contributed by atoms with Crippen LogP contribution in [0.5, 0.6) is 5.75 Å². The van der Waals surface area contributed by atoms with Crippen molar-refractivity contribution in [2.75, 3.05) is 10.6 Å². The van der Waals surface area contributed by atoms with Gasteiger partial charge in [-0.1, -0.05) is 11.6 Å². The average molecular weight is 359 g/mol. The lowest BCUT2D eigenvalue weighted by Crippen LogP contribution is -3.00. The first-order valence-corrected chi connectivity index (χ1v) is 6.84. The number of aryl methyl sites for hydroxylation is 1. The van der Waals surface area contributed by atoms with Gasteiger partial charge in [-0.2, -0.15) is 0 Å². The van der Waals surface area contributed by atoms with Crippen molar-refractivity contribution in [2.45, 2.75) is 13.5 Å². The summed E-state index contributed by atoms with van der Waals surface area (Å²) in [5.41, 5.74) is 0.461. The molecule has 0 saturated carbocycles. The minimum Gasteiger partial charge on any atom is -1.00 e. The lowest BCUT2D eigenvalue weighted by Gasteiger charge is -2.11. The number of rotatable bonds is 4. The van der Waals surface area contributed by atoms with Gasteiger partial charge in [0, 0.05) is 18.7 Å². The second-order valence-electron chi connectivity index (χ2n) is 4.83. The Hall–Kier alpha value is -2.25. The van der Waals surface area contributed by atoms with Gasteiger partial charge in [0.2, 0.25) is 12.2 Å². The molecule has 1 aromatic heterocycles. The number of carbonyl (C=O) groups is 2. The maximum Gasteiger partial charge on any atom is 0.266 e. The van der Waals surface area contributed by atoms with E-state index >= 15 is 0 Å². The van der Waals surface area contributed by atoms with E-state index in [0.717, 1.165) is 0 Å². The highest BCUT2D eigenvalue weighted by atomic mass is 35.5. The maximum absolute atomic E-state index is 11.9. The normalized spacial score (nSPS) is 9.87. The van der Waals surface area contributed by atoms with Crippen molar-refractivity contribution in [1.29, 1.82) is 0 Å². The van der Waals surface area contributed by atoms with Gasteiger partial charge >= 0.3 is 0 Å². The Labute approximate surface area is 144 Å². The molecule has 3 N–H and O–H groups in total. The highest BCUT2D eigenvalue weighted by Gasteiger charge is 2.13. The predicted molar refractivity (Wildman–Crippen MR) is 81.7 cm³/mol. The van der Waals surface area contributed by atoms with Gasteiger partial charge in [-0.05, 0) is 6.07 Å². The number of amides is 2. The van der Waals surface area contributed by atoms with Crippen LogP contribution in [0, 0.1) is 0 Å². The molecule has 0 spiro atoms. The molecule has 0 aliphatic heterocycles. The number of aromatic nitrogens is 2. The number of benzene rings is 1. The summed E-state index contributed by atoms with van der Waals surface area (Å²) in [6.45, 7) is 1.44. The largest absolute Gasteiger partial charge is 1.00 e. The van der Waals surface area contributed by atoms with Crippen LogP contribution in [0.2, 0.25) is 5.02 Å². The van der Waals surface area contributed by atoms with Crippen molar-refractivity contribution in [3.05, 3.63) is 35.9 Å². The minimum absolute atomic E-state index is 0. The molecule has 23 heavy (non-hydrogen) atoms. The molecule has 9 heteroatoms. The van der Waals surface area contributed by atoms with Crippen LogP contribution in [0.1, 0.15) is 6.92 Å². The van der Waals surface area contributed by atoms with E-state index in [1.807, 2.05) is 17.8 Å². The number of carbonyl (C=O) groups excluding carboxylic acids is 2. The second kappa shape index (κ2) is 7.85. The Morgan fingerprint density at radius 3 is 2.57 bits per heavy atom. The number of halogens is 2. The van der Waals surface area contributed by atoms with Crippen LogP contribution in [0.15, 0.2) is 30.9 Å². The third kappa shape index (κ3) is 5.15. The molecular weight excluding hydrogens is 343 g/mol. The van der Waals surface area contributed by atoms with E-state index in [9.17, 15) is 14.7 Å². The van der Waals surface area contributed by atoms with Gasteiger partial charge in [-0.3, -0.25) is 9.59 Å². The first kappa shape index (κ1) is 18.8. The van der Waals surface area contributed by atoms with E-state index in [1.54, 1.807) is 17.1 Å². The SMILES string of the molecule is CC(=O)Nc1c(O)cc(NC(=O)Cn2cc[n+](C)c2)cc1Cl.[Cl-]. The van der Waals surface area contributed by atoms with Crippen molar-refractivity contribution in [3.8, 4) is 5.75 Å². The predicted octanol–water partition coefficient (Wildman–Crippen LogP) is -1.73. The monoisotopic (exact) mass is 358 g/mol. The molecule has 0 fully saturated rings. The Bertz CT molecular complexity index is 708. The number of hydrogen-bond acceptors (Lipinski definition) is 3. The van der Waals surface area contributed by atoms with Crippen molar-refractivity contribution >= 4 is 34.8 Å². The molecule has 0 aliphatic carbocycles. The van der Waals surface area contributed by atoms with Crippen LogP contribution >= 0.6 is 11.6 Å². The average Bonchev–Trinajstić information content (AvgIpc) is 2.79. The summed E-state index contributed by atoms with van der Waals surface area (Å²) in [5.74, 6) is -0.834. The third-order valence-corrected chi connectivity index (χ3v) is 3.10. The quantitative estimate of drug-likeness (QED) is 0.448. The molecule has 2 aromatic rings. The zero-order valence-corrected chi connectivity index (χ0v) is 14.0. The van der Waals surface area contributed by atoms with Crippen LogP contribution in [0.25, 0.3) is 0 Å². The van der Waals surface area contributed by atoms with Crippen molar-refractivity contribution in [1.82, 2.24) is 4.57 Å². The fourth-order valence-corrected chi connectivity index (χ4v) is 2.19. The fraction of sp³-hybridized carbons (Fsp3) is 0.214. The van der Waals surface area contributed by atoms with Gasteiger partial charge in [0.15, 0.2) is 6.54 Å². The van der Waals surface area contributed by atoms with Crippen molar-refractivity contribution in [2.24, 2.45) is 7.05 Å². The van der Waals surface area contributed by atoms with Crippen LogP contribution in [-0.2, 0) is 23.2 Å². The number of nitrogens with one attached hydrogen (secondary N) is 2. The van der Waals surface area contributed by atoms with Gasteiger partial charge in [-0.15, -0.1) is 0 Å². The minimum atomic E-state index is -0.352. The first-order chi connectivity index (χ1) is 10.3. The summed E-state index contributed by atoms with van der Waals surface area (Å²) in [4.78, 5) is 23.0. The van der Waals surface area contributed by atoms with Crippen molar-refractivity contribution < 1.29 is 31.7 Å². The Morgan fingerprint density at radius 2 is 2.04 bits per heavy atom. The number of aromatic hydroxyl groups is 1. The van der Waals surface area contributed by atoms with Gasteiger partial charge in [0.25, 0.3) is 5.91 Å². The van der Waals surface area contributed by atoms with Crippen LogP contribution in [-0.4, -0.2) is 21.5 Å². The highest BCUT2D eigenvalue weighted by Crippen LogP contribution is 2.35. The Kier molecular flexibility index (Phi) is 6.41. The maximum atomic E-state index is 11.9. The smallest absolute Gasteiger partial charge is 0.266 e. The Balaban J connectivity index is 0.00000264. The lowest BCUT2D eigenvalue weighted by molar-refractivity contribution is -0.671. The number of anilines is 2. The Morgan fingerprint density at radius 1 is 1.35 bits per heavy atom. The van der Waals surface area contributed by atoms with E-state index in [-0.39, 0.29) is 47.2 Å². The zero-order chi connectivity index (χ0) is 16.3. The first-order valence-electron chi connectivity index (χ1n) is 6.46. The fourth-order valence-electron chi connectivity index (χ4n) is 1.93. The number of nitrogens with zero attached hydrogens (tertiary/aromatic N) is 2. The molecular formula is C14H16Cl2N4O3. The van der Waals surface area contributed by atoms with E-state index in [0.29, 0.717) is 5.69 Å². The standard InChI is InChI=1S/C14H15ClN4O3.ClH/c1-9(20)16-14-11(15)5-10(6-12(14)21)17-13(22)7-19-4-3-18(2)8-19;/h3-6,8H,7H2,1-2H3,(H2-,16,17,20,21,22);1H. The molecule has 0 saturated heterocycles.